The molecule has 94 valence electrons. The van der Waals surface area contributed by atoms with Gasteiger partial charge in [0.2, 0.25) is 5.91 Å². The predicted octanol–water partition coefficient (Wildman–Crippen LogP) is 2.04. The molecule has 0 bridgehead atoms. The Balaban J connectivity index is 2.31. The summed E-state index contributed by atoms with van der Waals surface area (Å²) in [7, 11) is 0. The number of halogens is 3. The van der Waals surface area contributed by atoms with E-state index in [0.29, 0.717) is 5.69 Å². The molecule has 0 radical (unpaired) electrons. The summed E-state index contributed by atoms with van der Waals surface area (Å²) in [5, 5.41) is 1.79. The van der Waals surface area contributed by atoms with Gasteiger partial charge in [-0.1, -0.05) is 0 Å². The van der Waals surface area contributed by atoms with Crippen LogP contribution in [0.5, 0.6) is 0 Å². The molecule has 0 fully saturated rings. The van der Waals surface area contributed by atoms with Gasteiger partial charge in [0.1, 0.15) is 6.54 Å². The summed E-state index contributed by atoms with van der Waals surface area (Å²) >= 11 is 1.15. The zero-order valence-electron chi connectivity index (χ0n) is 8.75. The lowest BCUT2D eigenvalue weighted by molar-refractivity contribution is -0.136. The number of nitrogen functional groups attached to an aromatic ring is 1. The van der Waals surface area contributed by atoms with Gasteiger partial charge in [-0.05, 0) is 24.3 Å². The molecule has 0 heterocycles. The van der Waals surface area contributed by atoms with E-state index in [1.54, 1.807) is 29.6 Å². The summed E-state index contributed by atoms with van der Waals surface area (Å²) in [5.74, 6) is -0.704. The van der Waals surface area contributed by atoms with Crippen molar-refractivity contribution in [1.29, 1.82) is 0 Å². The van der Waals surface area contributed by atoms with Crippen LogP contribution in [0, 0.1) is 0 Å². The molecule has 0 saturated carbocycles. The van der Waals surface area contributed by atoms with Crippen molar-refractivity contribution >= 4 is 23.4 Å². The van der Waals surface area contributed by atoms with Crippen molar-refractivity contribution in [3.63, 3.8) is 0 Å². The number of carbonyl (C=O) groups excluding carboxylic acids is 1. The van der Waals surface area contributed by atoms with Crippen molar-refractivity contribution in [1.82, 2.24) is 5.32 Å². The Labute approximate surface area is 101 Å². The average Bonchev–Trinajstić information content (AvgIpc) is 2.25. The van der Waals surface area contributed by atoms with Gasteiger partial charge in [-0.3, -0.25) is 4.79 Å². The Kier molecular flexibility index (Phi) is 4.68. The lowest BCUT2D eigenvalue weighted by Crippen LogP contribution is -2.34. The fourth-order valence-electron chi connectivity index (χ4n) is 0.963. The largest absolute Gasteiger partial charge is 0.405 e. The van der Waals surface area contributed by atoms with Gasteiger partial charge in [0.05, 0.1) is 5.75 Å². The summed E-state index contributed by atoms with van der Waals surface area (Å²) < 4.78 is 35.4. The molecule has 0 aliphatic rings. The smallest absolute Gasteiger partial charge is 0.399 e. The Morgan fingerprint density at radius 1 is 1.29 bits per heavy atom. The fourth-order valence-corrected chi connectivity index (χ4v) is 1.69. The van der Waals surface area contributed by atoms with Crippen LogP contribution in [0.1, 0.15) is 0 Å². The molecule has 0 spiro atoms. The molecule has 1 aromatic rings. The van der Waals surface area contributed by atoms with E-state index in [1.165, 1.54) is 0 Å². The second-order valence-corrected chi connectivity index (χ2v) is 4.30. The molecule has 0 aliphatic carbocycles. The minimum absolute atomic E-state index is 0.0556. The van der Waals surface area contributed by atoms with Crippen LogP contribution in [0.2, 0.25) is 0 Å². The van der Waals surface area contributed by atoms with Crippen LogP contribution in [0.15, 0.2) is 29.2 Å². The molecule has 0 aliphatic heterocycles. The van der Waals surface area contributed by atoms with E-state index in [0.717, 1.165) is 16.7 Å². The van der Waals surface area contributed by atoms with Crippen LogP contribution in [-0.2, 0) is 4.79 Å². The molecular weight excluding hydrogens is 253 g/mol. The number of nitrogens with two attached hydrogens (primary N) is 1. The van der Waals surface area contributed by atoms with Gasteiger partial charge in [-0.15, -0.1) is 11.8 Å². The molecule has 0 aromatic heterocycles. The minimum Gasteiger partial charge on any atom is -0.399 e. The standard InChI is InChI=1S/C10H11F3N2OS/c11-10(12,13)6-15-9(16)5-17-8-3-1-7(14)2-4-8/h1-4H,5-6,14H2,(H,15,16). The molecule has 0 saturated heterocycles. The number of nitrogens with one attached hydrogen (secondary N) is 1. The maximum absolute atomic E-state index is 11.8. The molecule has 1 rings (SSSR count). The highest BCUT2D eigenvalue weighted by atomic mass is 32.2. The van der Waals surface area contributed by atoms with Crippen molar-refractivity contribution < 1.29 is 18.0 Å². The Morgan fingerprint density at radius 3 is 2.41 bits per heavy atom. The monoisotopic (exact) mass is 264 g/mol. The first-order valence-electron chi connectivity index (χ1n) is 4.68. The third kappa shape index (κ3) is 6.06. The SMILES string of the molecule is Nc1ccc(SCC(=O)NCC(F)(F)F)cc1. The molecule has 1 amide bonds. The normalized spacial score (nSPS) is 11.2. The molecule has 0 atom stereocenters. The van der Waals surface area contributed by atoms with Gasteiger partial charge in [0.15, 0.2) is 0 Å². The minimum atomic E-state index is -4.37. The molecule has 7 heteroatoms. The predicted molar refractivity (Wildman–Crippen MR) is 60.6 cm³/mol. The van der Waals surface area contributed by atoms with Crippen molar-refractivity contribution in [2.24, 2.45) is 0 Å². The summed E-state index contributed by atoms with van der Waals surface area (Å²) in [6.07, 6.45) is -4.37. The van der Waals surface area contributed by atoms with E-state index in [1.807, 2.05) is 0 Å². The summed E-state index contributed by atoms with van der Waals surface area (Å²) in [6.45, 7) is -1.30. The molecule has 3 N–H and O–H groups in total. The van der Waals surface area contributed by atoms with Gasteiger partial charge in [-0.2, -0.15) is 13.2 Å². The molecule has 17 heavy (non-hydrogen) atoms. The third-order valence-corrected chi connectivity index (χ3v) is 2.75. The van der Waals surface area contributed by atoms with Crippen LogP contribution >= 0.6 is 11.8 Å². The van der Waals surface area contributed by atoms with E-state index in [9.17, 15) is 18.0 Å². The van der Waals surface area contributed by atoms with E-state index >= 15 is 0 Å². The average molecular weight is 264 g/mol. The summed E-state index contributed by atoms with van der Waals surface area (Å²) in [4.78, 5) is 11.9. The molecular formula is C10H11F3N2OS. The zero-order chi connectivity index (χ0) is 12.9. The van der Waals surface area contributed by atoms with Crippen molar-refractivity contribution in [2.75, 3.05) is 18.0 Å². The first-order valence-corrected chi connectivity index (χ1v) is 5.67. The maximum atomic E-state index is 11.8. The van der Waals surface area contributed by atoms with E-state index in [-0.39, 0.29) is 5.75 Å². The topological polar surface area (TPSA) is 55.1 Å². The van der Waals surface area contributed by atoms with E-state index in [2.05, 4.69) is 0 Å². The number of hydrogen-bond acceptors (Lipinski definition) is 3. The van der Waals surface area contributed by atoms with Crippen molar-refractivity contribution in [3.05, 3.63) is 24.3 Å². The first kappa shape index (κ1) is 13.7. The Bertz CT molecular complexity index is 378. The van der Waals surface area contributed by atoms with Gasteiger partial charge < -0.3 is 11.1 Å². The maximum Gasteiger partial charge on any atom is 0.405 e. The number of anilines is 1. The second kappa shape index (κ2) is 5.81. The second-order valence-electron chi connectivity index (χ2n) is 3.25. The number of carbonyl (C=O) groups is 1. The van der Waals surface area contributed by atoms with E-state index < -0.39 is 18.6 Å². The van der Waals surface area contributed by atoms with Gasteiger partial charge >= 0.3 is 6.18 Å². The van der Waals surface area contributed by atoms with Gasteiger partial charge in [0, 0.05) is 10.6 Å². The van der Waals surface area contributed by atoms with E-state index in [4.69, 9.17) is 5.73 Å². The Morgan fingerprint density at radius 2 is 1.88 bits per heavy atom. The zero-order valence-corrected chi connectivity index (χ0v) is 9.57. The van der Waals surface area contributed by atoms with Crippen LogP contribution < -0.4 is 11.1 Å². The number of rotatable bonds is 4. The third-order valence-electron chi connectivity index (χ3n) is 1.74. The highest BCUT2D eigenvalue weighted by molar-refractivity contribution is 8.00. The fraction of sp³-hybridized carbons (Fsp3) is 0.300. The highest BCUT2D eigenvalue weighted by Gasteiger charge is 2.27. The van der Waals surface area contributed by atoms with Gasteiger partial charge in [0.25, 0.3) is 0 Å². The van der Waals surface area contributed by atoms with Crippen LogP contribution in [0.25, 0.3) is 0 Å². The molecule has 1 aromatic carbocycles. The number of hydrogen-bond donors (Lipinski definition) is 2. The Hall–Kier alpha value is -1.37. The van der Waals surface area contributed by atoms with Gasteiger partial charge in [-0.25, -0.2) is 0 Å². The first-order chi connectivity index (χ1) is 7.87. The lowest BCUT2D eigenvalue weighted by Gasteiger charge is -2.08. The number of thioether (sulfide) groups is 1. The quantitative estimate of drug-likeness (QED) is 0.646. The van der Waals surface area contributed by atoms with Crippen LogP contribution in [-0.4, -0.2) is 24.4 Å². The number of alkyl halides is 3. The van der Waals surface area contributed by atoms with Crippen molar-refractivity contribution in [3.8, 4) is 0 Å². The number of amides is 1. The molecule has 3 nitrogen and oxygen atoms in total. The van der Waals surface area contributed by atoms with Crippen LogP contribution in [0.3, 0.4) is 0 Å². The number of benzene rings is 1. The molecule has 0 unspecified atom stereocenters. The van der Waals surface area contributed by atoms with Crippen LogP contribution in [0.4, 0.5) is 18.9 Å². The summed E-state index contributed by atoms with van der Waals surface area (Å²) in [6, 6.07) is 6.74. The summed E-state index contributed by atoms with van der Waals surface area (Å²) in [5.41, 5.74) is 6.06. The van der Waals surface area contributed by atoms with Crippen molar-refractivity contribution in [2.45, 2.75) is 11.1 Å². The lowest BCUT2D eigenvalue weighted by atomic mass is 10.3. The highest BCUT2D eigenvalue weighted by Crippen LogP contribution is 2.19.